The van der Waals surface area contributed by atoms with Crippen LogP contribution < -0.4 is 10.6 Å². The Morgan fingerprint density at radius 2 is 1.78 bits per heavy atom. The van der Waals surface area contributed by atoms with Crippen LogP contribution in [0.15, 0.2) is 59.8 Å². The van der Waals surface area contributed by atoms with E-state index in [1.165, 1.54) is 37.4 Å². The lowest BCUT2D eigenvalue weighted by molar-refractivity contribution is -0.113. The van der Waals surface area contributed by atoms with Crippen molar-refractivity contribution in [2.75, 3.05) is 11.1 Å². The normalized spacial score (nSPS) is 13.8. The van der Waals surface area contributed by atoms with E-state index in [1.807, 2.05) is 30.3 Å². The number of hydrogen-bond donors (Lipinski definition) is 3. The van der Waals surface area contributed by atoms with E-state index in [2.05, 4.69) is 25.8 Å². The van der Waals surface area contributed by atoms with Crippen molar-refractivity contribution in [1.82, 2.24) is 20.5 Å². The maximum atomic E-state index is 12.7. The quantitative estimate of drug-likeness (QED) is 0.425. The van der Waals surface area contributed by atoms with Gasteiger partial charge in [0.25, 0.3) is 5.91 Å². The van der Waals surface area contributed by atoms with Crippen LogP contribution >= 0.6 is 11.8 Å². The Morgan fingerprint density at radius 1 is 1.03 bits per heavy atom. The van der Waals surface area contributed by atoms with Crippen molar-refractivity contribution < 1.29 is 9.59 Å². The zero-order valence-electron chi connectivity index (χ0n) is 17.8. The van der Waals surface area contributed by atoms with E-state index in [4.69, 9.17) is 0 Å². The summed E-state index contributed by atoms with van der Waals surface area (Å²) in [6.45, 7) is 0.422. The average Bonchev–Trinajstić information content (AvgIpc) is 3.50. The van der Waals surface area contributed by atoms with E-state index in [1.54, 1.807) is 24.3 Å². The number of hydrogen-bond acceptors (Lipinski definition) is 5. The fraction of sp³-hybridized carbons (Fsp3) is 0.333. The van der Waals surface area contributed by atoms with Crippen molar-refractivity contribution in [2.24, 2.45) is 5.92 Å². The van der Waals surface area contributed by atoms with Crippen LogP contribution in [0.4, 0.5) is 5.69 Å². The number of aromatic amines is 1. The van der Waals surface area contributed by atoms with Gasteiger partial charge in [-0.25, -0.2) is 4.98 Å². The van der Waals surface area contributed by atoms with Crippen molar-refractivity contribution in [3.63, 3.8) is 0 Å². The fourth-order valence-electron chi connectivity index (χ4n) is 3.90. The first-order valence-corrected chi connectivity index (χ1v) is 11.9. The van der Waals surface area contributed by atoms with Crippen LogP contribution in [0.5, 0.6) is 0 Å². The highest BCUT2D eigenvalue weighted by molar-refractivity contribution is 7.99. The number of nitrogens with zero attached hydrogens (tertiary/aromatic N) is 2. The molecule has 1 aromatic heterocycles. The molecule has 32 heavy (non-hydrogen) atoms. The van der Waals surface area contributed by atoms with E-state index in [0.29, 0.717) is 28.9 Å². The molecule has 1 aliphatic rings. The summed E-state index contributed by atoms with van der Waals surface area (Å²) in [7, 11) is 0. The van der Waals surface area contributed by atoms with Crippen molar-refractivity contribution >= 4 is 29.3 Å². The Hall–Kier alpha value is -3.13. The first-order valence-electron chi connectivity index (χ1n) is 10.9. The minimum Gasteiger partial charge on any atom is -0.348 e. The summed E-state index contributed by atoms with van der Waals surface area (Å²) in [5.41, 5.74) is 1.93. The Labute approximate surface area is 191 Å². The van der Waals surface area contributed by atoms with Crippen LogP contribution in [0.2, 0.25) is 0 Å². The van der Waals surface area contributed by atoms with Crippen LogP contribution in [0.3, 0.4) is 0 Å². The number of H-pyrrole nitrogens is 1. The minimum atomic E-state index is -0.233. The SMILES string of the molecule is O=C(CSc1n[nH]c(CC2CCCC2)n1)Nc1ccccc1C(=O)NCc1ccccc1. The van der Waals surface area contributed by atoms with E-state index in [9.17, 15) is 9.59 Å². The second kappa shape index (κ2) is 10.9. The Bertz CT molecular complexity index is 1050. The number of carbonyl (C=O) groups excluding carboxylic acids is 2. The third-order valence-electron chi connectivity index (χ3n) is 5.54. The number of nitrogens with one attached hydrogen (secondary N) is 3. The number of aromatic nitrogens is 3. The highest BCUT2D eigenvalue weighted by atomic mass is 32.2. The Kier molecular flexibility index (Phi) is 7.55. The molecule has 166 valence electrons. The van der Waals surface area contributed by atoms with Gasteiger partial charge in [0.2, 0.25) is 11.1 Å². The van der Waals surface area contributed by atoms with Crippen molar-refractivity contribution in [1.29, 1.82) is 0 Å². The third kappa shape index (κ3) is 6.20. The number of anilines is 1. The van der Waals surface area contributed by atoms with Crippen molar-refractivity contribution in [2.45, 2.75) is 43.8 Å². The summed E-state index contributed by atoms with van der Waals surface area (Å²) in [6.07, 6.45) is 6.03. The molecule has 3 aromatic rings. The van der Waals surface area contributed by atoms with Gasteiger partial charge in [-0.1, -0.05) is 79.9 Å². The lowest BCUT2D eigenvalue weighted by atomic mass is 10.0. The summed E-state index contributed by atoms with van der Waals surface area (Å²) < 4.78 is 0. The zero-order valence-corrected chi connectivity index (χ0v) is 18.7. The number of benzene rings is 2. The van der Waals surface area contributed by atoms with E-state index in [0.717, 1.165) is 17.8 Å². The summed E-state index contributed by atoms with van der Waals surface area (Å²) in [5.74, 6) is 1.30. The number of rotatable bonds is 9. The first kappa shape index (κ1) is 22.1. The molecule has 2 aromatic carbocycles. The predicted molar refractivity (Wildman–Crippen MR) is 125 cm³/mol. The van der Waals surface area contributed by atoms with Crippen molar-refractivity contribution in [3.8, 4) is 0 Å². The minimum absolute atomic E-state index is 0.167. The molecule has 1 saturated carbocycles. The fourth-order valence-corrected chi connectivity index (χ4v) is 4.52. The van der Waals surface area contributed by atoms with Gasteiger partial charge in [-0.2, -0.15) is 0 Å². The second-order valence-corrected chi connectivity index (χ2v) is 8.91. The zero-order chi connectivity index (χ0) is 22.2. The number of para-hydroxylation sites is 1. The lowest BCUT2D eigenvalue weighted by Gasteiger charge is -2.11. The maximum Gasteiger partial charge on any atom is 0.253 e. The van der Waals surface area contributed by atoms with Crippen LogP contribution in [-0.2, 0) is 17.8 Å². The number of thioether (sulfide) groups is 1. The molecule has 2 amide bonds. The number of amides is 2. The first-order chi connectivity index (χ1) is 15.7. The van der Waals surface area contributed by atoms with Gasteiger partial charge < -0.3 is 10.6 Å². The van der Waals surface area contributed by atoms with E-state index >= 15 is 0 Å². The topological polar surface area (TPSA) is 99.8 Å². The molecule has 3 N–H and O–H groups in total. The molecular weight excluding hydrogens is 422 g/mol. The van der Waals surface area contributed by atoms with Crippen LogP contribution in [-0.4, -0.2) is 32.7 Å². The smallest absolute Gasteiger partial charge is 0.253 e. The molecule has 7 nitrogen and oxygen atoms in total. The highest BCUT2D eigenvalue weighted by Crippen LogP contribution is 2.27. The maximum absolute atomic E-state index is 12.7. The van der Waals surface area contributed by atoms with E-state index in [-0.39, 0.29) is 17.6 Å². The third-order valence-corrected chi connectivity index (χ3v) is 6.39. The lowest BCUT2D eigenvalue weighted by Crippen LogP contribution is -2.25. The second-order valence-electron chi connectivity index (χ2n) is 7.97. The van der Waals surface area contributed by atoms with Gasteiger partial charge in [0.05, 0.1) is 17.0 Å². The van der Waals surface area contributed by atoms with Crippen LogP contribution in [0.1, 0.15) is 47.4 Å². The molecule has 0 unspecified atom stereocenters. The molecule has 1 aliphatic carbocycles. The van der Waals surface area contributed by atoms with Crippen LogP contribution in [0.25, 0.3) is 0 Å². The predicted octanol–water partition coefficient (Wildman–Crippen LogP) is 4.20. The molecule has 0 aliphatic heterocycles. The molecule has 0 saturated heterocycles. The van der Waals surface area contributed by atoms with Gasteiger partial charge in [0, 0.05) is 13.0 Å². The number of carbonyl (C=O) groups is 2. The van der Waals surface area contributed by atoms with Gasteiger partial charge in [0.1, 0.15) is 5.82 Å². The molecule has 4 rings (SSSR count). The Morgan fingerprint density at radius 3 is 2.59 bits per heavy atom. The molecule has 0 bridgehead atoms. The van der Waals surface area contributed by atoms with Crippen molar-refractivity contribution in [3.05, 3.63) is 71.5 Å². The molecule has 1 fully saturated rings. The highest BCUT2D eigenvalue weighted by Gasteiger charge is 2.18. The molecular formula is C24H27N5O2S. The monoisotopic (exact) mass is 449 g/mol. The standard InChI is InChI=1S/C24H27N5O2S/c30-22(16-32-24-27-21(28-29-24)14-17-8-4-5-9-17)26-20-13-7-6-12-19(20)23(31)25-15-18-10-2-1-3-11-18/h1-3,6-7,10-13,17H,4-5,8-9,14-16H2,(H,25,31)(H,26,30)(H,27,28,29). The van der Waals surface area contributed by atoms with Gasteiger partial charge in [-0.05, 0) is 23.6 Å². The average molecular weight is 450 g/mol. The van der Waals surface area contributed by atoms with Gasteiger partial charge in [-0.3, -0.25) is 14.7 Å². The molecule has 1 heterocycles. The Balaban J connectivity index is 1.28. The van der Waals surface area contributed by atoms with Gasteiger partial charge >= 0.3 is 0 Å². The summed E-state index contributed by atoms with van der Waals surface area (Å²) in [6, 6.07) is 16.7. The molecule has 0 atom stereocenters. The largest absolute Gasteiger partial charge is 0.348 e. The molecule has 0 radical (unpaired) electrons. The molecule has 0 spiro atoms. The molecule has 8 heteroatoms. The summed E-state index contributed by atoms with van der Waals surface area (Å²) in [5, 5.41) is 13.5. The van der Waals surface area contributed by atoms with Crippen LogP contribution in [0, 0.1) is 5.92 Å². The van der Waals surface area contributed by atoms with E-state index < -0.39 is 0 Å². The van der Waals surface area contributed by atoms with Gasteiger partial charge in [0.15, 0.2) is 0 Å². The summed E-state index contributed by atoms with van der Waals surface area (Å²) in [4.78, 5) is 29.7. The summed E-state index contributed by atoms with van der Waals surface area (Å²) >= 11 is 1.28. The van der Waals surface area contributed by atoms with Gasteiger partial charge in [-0.15, -0.1) is 5.10 Å².